The normalized spacial score (nSPS) is 10.6. The summed E-state index contributed by atoms with van der Waals surface area (Å²) in [6.07, 6.45) is 1.80. The van der Waals surface area contributed by atoms with Crippen molar-refractivity contribution < 1.29 is 4.79 Å². The minimum atomic E-state index is 0.00333. The molecule has 0 atom stereocenters. The van der Waals surface area contributed by atoms with Gasteiger partial charge < -0.3 is 10.2 Å². The number of hydrogen-bond acceptors (Lipinski definition) is 4. The van der Waals surface area contributed by atoms with E-state index in [9.17, 15) is 4.79 Å². The summed E-state index contributed by atoms with van der Waals surface area (Å²) in [6.45, 7) is 6.36. The van der Waals surface area contributed by atoms with E-state index in [2.05, 4.69) is 15.6 Å². The summed E-state index contributed by atoms with van der Waals surface area (Å²) in [5.74, 6) is 0.00333. The lowest BCUT2D eigenvalue weighted by molar-refractivity contribution is -0.119. The molecular weight excluding hydrogens is 266 g/mol. The zero-order chi connectivity index (χ0) is 15.1. The summed E-state index contributed by atoms with van der Waals surface area (Å²) in [5.41, 5.74) is 1.74. The van der Waals surface area contributed by atoms with E-state index in [0.29, 0.717) is 13.1 Å². The maximum atomic E-state index is 12.4. The molecule has 21 heavy (non-hydrogen) atoms. The summed E-state index contributed by atoms with van der Waals surface area (Å²) < 4.78 is 1.58. The molecule has 6 heteroatoms. The van der Waals surface area contributed by atoms with E-state index in [1.54, 1.807) is 15.8 Å². The second-order valence-corrected chi connectivity index (χ2v) is 4.66. The van der Waals surface area contributed by atoms with Crippen LogP contribution in [0.25, 0.3) is 0 Å². The summed E-state index contributed by atoms with van der Waals surface area (Å²) in [6, 6.07) is 9.65. The van der Waals surface area contributed by atoms with Gasteiger partial charge in [-0.2, -0.15) is 0 Å². The lowest BCUT2D eigenvalue weighted by atomic mass is 10.3. The third-order valence-electron chi connectivity index (χ3n) is 3.12. The number of carbonyl (C=O) groups is 1. The number of nitrogens with zero attached hydrogens (tertiary/aromatic N) is 4. The molecule has 2 rings (SSSR count). The highest BCUT2D eigenvalue weighted by Gasteiger charge is 2.14. The summed E-state index contributed by atoms with van der Waals surface area (Å²) >= 11 is 0. The predicted octanol–water partition coefficient (Wildman–Crippen LogP) is 1.44. The zero-order valence-corrected chi connectivity index (χ0v) is 12.5. The van der Waals surface area contributed by atoms with Crippen molar-refractivity contribution in [3.8, 4) is 0 Å². The number of carbonyl (C=O) groups excluding carboxylic acids is 1. The molecule has 0 spiro atoms. The molecule has 0 fully saturated rings. The molecule has 0 bridgehead atoms. The summed E-state index contributed by atoms with van der Waals surface area (Å²) in [5, 5.41) is 11.2. The van der Waals surface area contributed by atoms with E-state index < -0.39 is 0 Å². The van der Waals surface area contributed by atoms with Gasteiger partial charge in [0, 0.05) is 18.8 Å². The minimum Gasteiger partial charge on any atom is -0.311 e. The lowest BCUT2D eigenvalue weighted by Crippen LogP contribution is -2.33. The van der Waals surface area contributed by atoms with Crippen molar-refractivity contribution in [2.24, 2.45) is 0 Å². The average Bonchev–Trinajstić information content (AvgIpc) is 2.94. The van der Waals surface area contributed by atoms with Crippen molar-refractivity contribution in [2.75, 3.05) is 18.0 Å². The number of benzene rings is 1. The van der Waals surface area contributed by atoms with Crippen LogP contribution in [0.3, 0.4) is 0 Å². The fourth-order valence-electron chi connectivity index (χ4n) is 2.08. The minimum absolute atomic E-state index is 0.00333. The van der Waals surface area contributed by atoms with Crippen LogP contribution in [0.2, 0.25) is 0 Å². The number of rotatable bonds is 7. The van der Waals surface area contributed by atoms with Crippen LogP contribution < -0.4 is 10.2 Å². The van der Waals surface area contributed by atoms with E-state index in [0.717, 1.165) is 17.9 Å². The van der Waals surface area contributed by atoms with Gasteiger partial charge in [0.05, 0.1) is 11.9 Å². The van der Waals surface area contributed by atoms with E-state index in [4.69, 9.17) is 0 Å². The molecule has 2 aromatic rings. The topological polar surface area (TPSA) is 63.1 Å². The Morgan fingerprint density at radius 2 is 2.05 bits per heavy atom. The number of hydrogen-bond donors (Lipinski definition) is 1. The first kappa shape index (κ1) is 15.2. The largest absolute Gasteiger partial charge is 0.311 e. The molecule has 1 heterocycles. The number of aromatic nitrogens is 3. The van der Waals surface area contributed by atoms with Gasteiger partial charge in [-0.15, -0.1) is 5.10 Å². The van der Waals surface area contributed by atoms with Crippen LogP contribution in [0.15, 0.2) is 36.5 Å². The highest BCUT2D eigenvalue weighted by molar-refractivity contribution is 5.93. The van der Waals surface area contributed by atoms with E-state index >= 15 is 0 Å². The summed E-state index contributed by atoms with van der Waals surface area (Å²) in [4.78, 5) is 14.1. The van der Waals surface area contributed by atoms with Crippen molar-refractivity contribution in [2.45, 2.75) is 26.9 Å². The Labute approximate surface area is 124 Å². The van der Waals surface area contributed by atoms with E-state index in [1.165, 1.54) is 0 Å². The highest BCUT2D eigenvalue weighted by Crippen LogP contribution is 2.13. The molecule has 1 aromatic carbocycles. The van der Waals surface area contributed by atoms with Crippen molar-refractivity contribution in [1.82, 2.24) is 20.3 Å². The second kappa shape index (κ2) is 7.54. The van der Waals surface area contributed by atoms with Gasteiger partial charge >= 0.3 is 0 Å². The smallest absolute Gasteiger partial charge is 0.248 e. The van der Waals surface area contributed by atoms with Gasteiger partial charge in [-0.25, -0.2) is 4.68 Å². The van der Waals surface area contributed by atoms with Crippen molar-refractivity contribution in [3.05, 3.63) is 42.2 Å². The number of likely N-dealkylation sites (N-methyl/N-ethyl adjacent to an activating group) is 1. The molecular formula is C15H21N5O. The van der Waals surface area contributed by atoms with Crippen molar-refractivity contribution in [3.63, 3.8) is 0 Å². The van der Waals surface area contributed by atoms with Gasteiger partial charge in [0.25, 0.3) is 0 Å². The number of anilines is 1. The standard InChI is InChI=1S/C15H21N5O/c1-3-16-10-13-11-19(18-17-13)12-15(21)20(4-2)14-8-6-5-7-9-14/h5-9,11,16H,3-4,10,12H2,1-2H3. The van der Waals surface area contributed by atoms with Crippen LogP contribution in [0.4, 0.5) is 5.69 Å². The molecule has 0 radical (unpaired) electrons. The zero-order valence-electron chi connectivity index (χ0n) is 12.5. The van der Waals surface area contributed by atoms with Crippen LogP contribution in [0.1, 0.15) is 19.5 Å². The van der Waals surface area contributed by atoms with Crippen LogP contribution >= 0.6 is 0 Å². The molecule has 0 aliphatic heterocycles. The van der Waals surface area contributed by atoms with Crippen LogP contribution in [0, 0.1) is 0 Å². The van der Waals surface area contributed by atoms with Gasteiger partial charge in [-0.05, 0) is 25.6 Å². The molecule has 0 aliphatic rings. The number of para-hydroxylation sites is 1. The van der Waals surface area contributed by atoms with E-state index in [1.807, 2.05) is 44.2 Å². The Balaban J connectivity index is 2.01. The van der Waals surface area contributed by atoms with Crippen molar-refractivity contribution in [1.29, 1.82) is 0 Å². The molecule has 1 N–H and O–H groups in total. The van der Waals surface area contributed by atoms with Crippen LogP contribution in [-0.2, 0) is 17.9 Å². The molecule has 0 saturated heterocycles. The second-order valence-electron chi connectivity index (χ2n) is 4.66. The molecule has 1 aromatic heterocycles. The van der Waals surface area contributed by atoms with Gasteiger partial charge in [0.2, 0.25) is 5.91 Å². The average molecular weight is 287 g/mol. The van der Waals surface area contributed by atoms with Gasteiger partial charge in [-0.3, -0.25) is 4.79 Å². The molecule has 0 aliphatic carbocycles. The van der Waals surface area contributed by atoms with Crippen LogP contribution in [-0.4, -0.2) is 34.0 Å². The van der Waals surface area contributed by atoms with Crippen LogP contribution in [0.5, 0.6) is 0 Å². The highest BCUT2D eigenvalue weighted by atomic mass is 16.2. The quantitative estimate of drug-likeness (QED) is 0.837. The lowest BCUT2D eigenvalue weighted by Gasteiger charge is -2.20. The van der Waals surface area contributed by atoms with E-state index in [-0.39, 0.29) is 12.5 Å². The Kier molecular flexibility index (Phi) is 5.45. The SMILES string of the molecule is CCNCc1cn(CC(=O)N(CC)c2ccccc2)nn1. The third-order valence-corrected chi connectivity index (χ3v) is 3.12. The first-order chi connectivity index (χ1) is 10.2. The number of amides is 1. The third kappa shape index (κ3) is 4.13. The maximum absolute atomic E-state index is 12.4. The Bertz CT molecular complexity index is 566. The fraction of sp³-hybridized carbons (Fsp3) is 0.400. The molecule has 0 saturated carbocycles. The molecule has 6 nitrogen and oxygen atoms in total. The Morgan fingerprint density at radius 3 is 2.71 bits per heavy atom. The monoisotopic (exact) mass is 287 g/mol. The first-order valence-electron chi connectivity index (χ1n) is 7.19. The summed E-state index contributed by atoms with van der Waals surface area (Å²) in [7, 11) is 0. The molecule has 1 amide bonds. The van der Waals surface area contributed by atoms with Crippen molar-refractivity contribution >= 4 is 11.6 Å². The van der Waals surface area contributed by atoms with Gasteiger partial charge in [-0.1, -0.05) is 30.3 Å². The molecule has 0 unspecified atom stereocenters. The number of nitrogens with one attached hydrogen (secondary N) is 1. The Morgan fingerprint density at radius 1 is 1.29 bits per heavy atom. The fourth-order valence-corrected chi connectivity index (χ4v) is 2.08. The first-order valence-corrected chi connectivity index (χ1v) is 7.19. The maximum Gasteiger partial charge on any atom is 0.248 e. The predicted molar refractivity (Wildman–Crippen MR) is 81.9 cm³/mol. The molecule has 112 valence electrons. The van der Waals surface area contributed by atoms with Gasteiger partial charge in [0.15, 0.2) is 0 Å². The van der Waals surface area contributed by atoms with Gasteiger partial charge in [0.1, 0.15) is 6.54 Å². The Hall–Kier alpha value is -2.21.